The van der Waals surface area contributed by atoms with Crippen molar-refractivity contribution in [3.8, 4) is 0 Å². The highest BCUT2D eigenvalue weighted by atomic mass is 16.1. The van der Waals surface area contributed by atoms with E-state index in [1.165, 1.54) is 5.01 Å². The second-order valence-electron chi connectivity index (χ2n) is 3.50. The Hall–Kier alpha value is -1.88. The van der Waals surface area contributed by atoms with Gasteiger partial charge in [0, 0.05) is 11.1 Å². The molecule has 0 saturated heterocycles. The van der Waals surface area contributed by atoms with E-state index in [4.69, 9.17) is 11.7 Å². The summed E-state index contributed by atoms with van der Waals surface area (Å²) in [4.78, 5) is 10.8. The number of carbonyl (C=O) groups is 1. The molecule has 0 saturated carbocycles. The first-order chi connectivity index (χ1) is 7.19. The number of nitrogens with zero attached hydrogens (tertiary/aromatic N) is 2. The minimum Gasteiger partial charge on any atom is -0.321 e. The van der Waals surface area contributed by atoms with Gasteiger partial charge in [-0.05, 0) is 18.1 Å². The fourth-order valence-electron chi connectivity index (χ4n) is 1.86. The van der Waals surface area contributed by atoms with Crippen LogP contribution in [-0.2, 0) is 6.54 Å². The first-order valence-corrected chi connectivity index (χ1v) is 4.57. The van der Waals surface area contributed by atoms with Crippen molar-refractivity contribution < 1.29 is 4.79 Å². The van der Waals surface area contributed by atoms with Crippen molar-refractivity contribution in [1.29, 1.82) is 0 Å². The number of aldehydes is 1. The van der Waals surface area contributed by atoms with E-state index < -0.39 is 0 Å². The maximum absolute atomic E-state index is 10.8. The number of benzene rings is 1. The first-order valence-electron chi connectivity index (χ1n) is 4.57. The van der Waals surface area contributed by atoms with Crippen molar-refractivity contribution in [2.24, 2.45) is 16.8 Å². The van der Waals surface area contributed by atoms with Crippen molar-refractivity contribution in [2.45, 2.75) is 13.5 Å². The third-order valence-electron chi connectivity index (χ3n) is 2.73. The Morgan fingerprint density at radius 1 is 1.53 bits per heavy atom. The third kappa shape index (κ3) is 1.28. The molecule has 1 aliphatic rings. The smallest absolute Gasteiger partial charge is 0.170 e. The molecule has 0 radical (unpaired) electrons. The molecule has 0 unspecified atom stereocenters. The average Bonchev–Trinajstić information content (AvgIpc) is 2.56. The molecule has 5 nitrogen and oxygen atoms in total. The molecule has 15 heavy (non-hydrogen) atoms. The Balaban J connectivity index is 2.64. The topological polar surface area (TPSA) is 84.7 Å². The zero-order valence-electron chi connectivity index (χ0n) is 8.40. The Labute approximate surface area is 87.3 Å². The second kappa shape index (κ2) is 3.36. The number of amidine groups is 1. The molecule has 2 rings (SSSR count). The highest BCUT2D eigenvalue weighted by Gasteiger charge is 2.25. The fraction of sp³-hybridized carbons (Fsp3) is 0.200. The SMILES string of the molecule is Cc1c(C=O)ccc2c1CN(N)/C2=N\N. The quantitative estimate of drug-likeness (QED) is 0.386. The van der Waals surface area contributed by atoms with Crippen molar-refractivity contribution in [1.82, 2.24) is 5.01 Å². The molecule has 1 aliphatic heterocycles. The zero-order chi connectivity index (χ0) is 11.0. The van der Waals surface area contributed by atoms with Crippen molar-refractivity contribution in [2.75, 3.05) is 0 Å². The number of carbonyl (C=O) groups excluding carboxylic acids is 1. The van der Waals surface area contributed by atoms with E-state index in [0.717, 1.165) is 23.0 Å². The lowest BCUT2D eigenvalue weighted by molar-refractivity contribution is 0.112. The van der Waals surface area contributed by atoms with Crippen LogP contribution < -0.4 is 11.7 Å². The Bertz CT molecular complexity index is 453. The van der Waals surface area contributed by atoms with Crippen LogP contribution in [0, 0.1) is 6.92 Å². The maximum atomic E-state index is 10.8. The summed E-state index contributed by atoms with van der Waals surface area (Å²) in [5, 5.41) is 5.11. The van der Waals surface area contributed by atoms with E-state index >= 15 is 0 Å². The predicted octanol–water partition coefficient (Wildman–Crippen LogP) is 0.117. The Morgan fingerprint density at radius 3 is 2.87 bits per heavy atom. The lowest BCUT2D eigenvalue weighted by Gasteiger charge is -2.08. The molecule has 0 aromatic heterocycles. The van der Waals surface area contributed by atoms with Gasteiger partial charge in [-0.25, -0.2) is 5.84 Å². The molecule has 0 aliphatic carbocycles. The summed E-state index contributed by atoms with van der Waals surface area (Å²) in [7, 11) is 0. The zero-order valence-corrected chi connectivity index (χ0v) is 8.40. The second-order valence-corrected chi connectivity index (χ2v) is 3.50. The lowest BCUT2D eigenvalue weighted by atomic mass is 9.99. The summed E-state index contributed by atoms with van der Waals surface area (Å²) in [5.41, 5.74) is 3.55. The summed E-state index contributed by atoms with van der Waals surface area (Å²) in [6, 6.07) is 3.58. The van der Waals surface area contributed by atoms with Gasteiger partial charge in [-0.1, -0.05) is 12.1 Å². The first kappa shape index (κ1) is 9.67. The van der Waals surface area contributed by atoms with Crippen LogP contribution >= 0.6 is 0 Å². The number of hydrogen-bond donors (Lipinski definition) is 2. The number of hydrazone groups is 1. The van der Waals surface area contributed by atoms with Gasteiger partial charge in [0.2, 0.25) is 0 Å². The van der Waals surface area contributed by atoms with Crippen LogP contribution in [0.15, 0.2) is 17.2 Å². The lowest BCUT2D eigenvalue weighted by Crippen LogP contribution is -2.32. The Morgan fingerprint density at radius 2 is 2.27 bits per heavy atom. The molecule has 0 fully saturated rings. The number of fused-ring (bicyclic) bond motifs is 1. The molecule has 0 bridgehead atoms. The van der Waals surface area contributed by atoms with Gasteiger partial charge < -0.3 is 5.84 Å². The predicted molar refractivity (Wildman–Crippen MR) is 57.0 cm³/mol. The van der Waals surface area contributed by atoms with Crippen LogP contribution in [0.1, 0.15) is 27.0 Å². The molecule has 78 valence electrons. The summed E-state index contributed by atoms with van der Waals surface area (Å²) in [6.07, 6.45) is 0.841. The van der Waals surface area contributed by atoms with Crippen LogP contribution in [-0.4, -0.2) is 17.1 Å². The molecule has 1 aromatic carbocycles. The number of rotatable bonds is 1. The molecule has 0 atom stereocenters. The molecule has 1 aromatic rings. The number of nitrogens with two attached hydrogens (primary N) is 2. The van der Waals surface area contributed by atoms with Crippen LogP contribution in [0.25, 0.3) is 0 Å². The van der Waals surface area contributed by atoms with Crippen molar-refractivity contribution >= 4 is 12.1 Å². The largest absolute Gasteiger partial charge is 0.321 e. The van der Waals surface area contributed by atoms with Gasteiger partial charge in [0.1, 0.15) is 6.29 Å². The molecular weight excluding hydrogens is 192 g/mol. The van der Waals surface area contributed by atoms with Crippen LogP contribution in [0.4, 0.5) is 0 Å². The molecule has 0 spiro atoms. The van der Waals surface area contributed by atoms with Gasteiger partial charge in [-0.2, -0.15) is 5.10 Å². The number of hydrogen-bond acceptors (Lipinski definition) is 4. The maximum Gasteiger partial charge on any atom is 0.170 e. The van der Waals surface area contributed by atoms with E-state index in [2.05, 4.69) is 5.10 Å². The summed E-state index contributed by atoms with van der Waals surface area (Å²) in [6.45, 7) is 2.44. The van der Waals surface area contributed by atoms with Crippen molar-refractivity contribution in [3.05, 3.63) is 34.4 Å². The van der Waals surface area contributed by atoms with Gasteiger partial charge in [-0.15, -0.1) is 0 Å². The van der Waals surface area contributed by atoms with Gasteiger partial charge in [0.25, 0.3) is 0 Å². The van der Waals surface area contributed by atoms with Crippen LogP contribution in [0.5, 0.6) is 0 Å². The van der Waals surface area contributed by atoms with E-state index in [0.29, 0.717) is 17.9 Å². The molecule has 5 heteroatoms. The molecular formula is C10H12N4O. The van der Waals surface area contributed by atoms with E-state index in [9.17, 15) is 4.79 Å². The monoisotopic (exact) mass is 204 g/mol. The summed E-state index contributed by atoms with van der Waals surface area (Å²) >= 11 is 0. The molecule has 1 heterocycles. The minimum absolute atomic E-state index is 0.541. The average molecular weight is 204 g/mol. The summed E-state index contributed by atoms with van der Waals surface area (Å²) < 4.78 is 0. The van der Waals surface area contributed by atoms with Gasteiger partial charge in [0.15, 0.2) is 5.84 Å². The fourth-order valence-corrected chi connectivity index (χ4v) is 1.86. The minimum atomic E-state index is 0.541. The third-order valence-corrected chi connectivity index (χ3v) is 2.73. The van der Waals surface area contributed by atoms with Crippen LogP contribution in [0.2, 0.25) is 0 Å². The normalized spacial score (nSPS) is 16.9. The molecule has 4 N–H and O–H groups in total. The van der Waals surface area contributed by atoms with Gasteiger partial charge in [0.05, 0.1) is 6.54 Å². The Kier molecular flexibility index (Phi) is 2.17. The highest BCUT2D eigenvalue weighted by molar-refractivity contribution is 6.03. The van der Waals surface area contributed by atoms with E-state index in [1.54, 1.807) is 6.07 Å². The van der Waals surface area contributed by atoms with Gasteiger partial charge in [-0.3, -0.25) is 9.80 Å². The van der Waals surface area contributed by atoms with Crippen LogP contribution in [0.3, 0.4) is 0 Å². The summed E-state index contributed by atoms with van der Waals surface area (Å²) in [5.74, 6) is 11.6. The van der Waals surface area contributed by atoms with E-state index in [-0.39, 0.29) is 0 Å². The highest BCUT2D eigenvalue weighted by Crippen LogP contribution is 2.25. The number of hydrazine groups is 1. The van der Waals surface area contributed by atoms with Gasteiger partial charge >= 0.3 is 0 Å². The van der Waals surface area contributed by atoms with Crippen molar-refractivity contribution in [3.63, 3.8) is 0 Å². The van der Waals surface area contributed by atoms with E-state index in [1.807, 2.05) is 13.0 Å². The molecule has 0 amide bonds. The standard InChI is InChI=1S/C10H12N4O/c1-6-7(5-15)2-3-8-9(6)4-14(12)10(8)13-11/h2-3,5H,4,11-12H2,1H3/b13-10-.